The van der Waals surface area contributed by atoms with Gasteiger partial charge in [0.2, 0.25) is 0 Å². The average Bonchev–Trinajstić information content (AvgIpc) is 2.87. The number of aromatic hydroxyl groups is 2. The molecule has 100 valence electrons. The van der Waals surface area contributed by atoms with Gasteiger partial charge in [-0.15, -0.1) is 11.3 Å². The zero-order valence-electron chi connectivity index (χ0n) is 10.4. The lowest BCUT2D eigenvalue weighted by Gasteiger charge is -2.06. The summed E-state index contributed by atoms with van der Waals surface area (Å²) in [5.41, 5.74) is 0.0484. The molecule has 0 aliphatic rings. The van der Waals surface area contributed by atoms with Crippen molar-refractivity contribution in [2.45, 2.75) is 19.9 Å². The molecular weight excluding hydrogens is 264 g/mol. The molecule has 6 heteroatoms. The number of hydrogen-bond acceptors (Lipinski definition) is 5. The Morgan fingerprint density at radius 2 is 2.21 bits per heavy atom. The van der Waals surface area contributed by atoms with Gasteiger partial charge in [-0.1, -0.05) is 13.0 Å². The minimum atomic E-state index is -0.443. The summed E-state index contributed by atoms with van der Waals surface area (Å²) >= 11 is 1.54. The molecule has 0 spiro atoms. The number of para-hydroxylation sites is 1. The highest BCUT2D eigenvalue weighted by molar-refractivity contribution is 7.11. The minimum Gasteiger partial charge on any atom is -0.504 e. The third-order valence-corrected chi connectivity index (χ3v) is 3.75. The van der Waals surface area contributed by atoms with Crippen LogP contribution in [0.15, 0.2) is 24.4 Å². The molecule has 2 rings (SSSR count). The van der Waals surface area contributed by atoms with E-state index in [9.17, 15) is 15.0 Å². The highest BCUT2D eigenvalue weighted by atomic mass is 32.1. The van der Waals surface area contributed by atoms with Crippen LogP contribution in [0, 0.1) is 0 Å². The largest absolute Gasteiger partial charge is 0.504 e. The van der Waals surface area contributed by atoms with Gasteiger partial charge in [0.15, 0.2) is 11.5 Å². The van der Waals surface area contributed by atoms with Crippen molar-refractivity contribution in [1.82, 2.24) is 10.3 Å². The van der Waals surface area contributed by atoms with Crippen molar-refractivity contribution in [1.29, 1.82) is 0 Å². The second kappa shape index (κ2) is 5.71. The summed E-state index contributed by atoms with van der Waals surface area (Å²) in [6.45, 7) is 2.35. The van der Waals surface area contributed by atoms with E-state index >= 15 is 0 Å². The topological polar surface area (TPSA) is 82.5 Å². The number of carbonyl (C=O) groups excluding carboxylic acids is 1. The van der Waals surface area contributed by atoms with Crippen LogP contribution in [-0.4, -0.2) is 21.1 Å². The first-order valence-corrected chi connectivity index (χ1v) is 6.66. The highest BCUT2D eigenvalue weighted by Crippen LogP contribution is 2.28. The minimum absolute atomic E-state index is 0.0484. The summed E-state index contributed by atoms with van der Waals surface area (Å²) in [5.74, 6) is -1.16. The maximum Gasteiger partial charge on any atom is 0.255 e. The normalized spacial score (nSPS) is 10.4. The summed E-state index contributed by atoms with van der Waals surface area (Å²) < 4.78 is 0. The first-order chi connectivity index (χ1) is 9.11. The van der Waals surface area contributed by atoms with Crippen LogP contribution in [0.4, 0.5) is 0 Å². The van der Waals surface area contributed by atoms with Gasteiger partial charge >= 0.3 is 0 Å². The Balaban J connectivity index is 2.03. The molecule has 19 heavy (non-hydrogen) atoms. The molecule has 0 bridgehead atoms. The molecular formula is C13H14N2O3S. The van der Waals surface area contributed by atoms with E-state index in [0.29, 0.717) is 6.54 Å². The van der Waals surface area contributed by atoms with Crippen LogP contribution < -0.4 is 5.32 Å². The van der Waals surface area contributed by atoms with Crippen LogP contribution in [0.2, 0.25) is 0 Å². The summed E-state index contributed by atoms with van der Waals surface area (Å²) in [6, 6.07) is 4.27. The molecule has 3 N–H and O–H groups in total. The van der Waals surface area contributed by atoms with Gasteiger partial charge in [-0.3, -0.25) is 4.79 Å². The molecule has 1 aromatic carbocycles. The molecule has 0 saturated heterocycles. The molecule has 0 unspecified atom stereocenters. The number of hydrogen-bond donors (Lipinski definition) is 3. The maximum atomic E-state index is 11.9. The van der Waals surface area contributed by atoms with Crippen molar-refractivity contribution in [2.24, 2.45) is 0 Å². The standard InChI is InChI=1S/C13H14N2O3S/c1-2-8-6-14-11(19-8)7-15-13(18)9-4-3-5-10(16)12(9)17/h3-6,16-17H,2,7H2,1H3,(H,15,18). The monoisotopic (exact) mass is 278 g/mol. The van der Waals surface area contributed by atoms with Crippen molar-refractivity contribution in [3.8, 4) is 11.5 Å². The van der Waals surface area contributed by atoms with Gasteiger partial charge in [0, 0.05) is 11.1 Å². The molecule has 1 heterocycles. The van der Waals surface area contributed by atoms with Gasteiger partial charge in [0.05, 0.1) is 12.1 Å². The lowest BCUT2D eigenvalue weighted by Crippen LogP contribution is -2.22. The highest BCUT2D eigenvalue weighted by Gasteiger charge is 2.13. The predicted octanol–water partition coefficient (Wildman–Crippen LogP) is 2.05. The van der Waals surface area contributed by atoms with Crippen molar-refractivity contribution >= 4 is 17.2 Å². The van der Waals surface area contributed by atoms with Crippen LogP contribution in [0.1, 0.15) is 27.2 Å². The summed E-state index contributed by atoms with van der Waals surface area (Å²) in [4.78, 5) is 17.2. The van der Waals surface area contributed by atoms with E-state index in [2.05, 4.69) is 10.3 Å². The molecule has 1 aromatic heterocycles. The number of benzene rings is 1. The quantitative estimate of drug-likeness (QED) is 0.747. The Labute approximate surface area is 114 Å². The van der Waals surface area contributed by atoms with Crippen LogP contribution in [0.25, 0.3) is 0 Å². The molecule has 0 aliphatic carbocycles. The van der Waals surface area contributed by atoms with E-state index in [-0.39, 0.29) is 11.3 Å². The zero-order valence-corrected chi connectivity index (χ0v) is 11.2. The molecule has 2 aromatic rings. The van der Waals surface area contributed by atoms with E-state index in [1.807, 2.05) is 6.92 Å². The van der Waals surface area contributed by atoms with Crippen LogP contribution in [0.5, 0.6) is 11.5 Å². The second-order valence-electron chi connectivity index (χ2n) is 3.93. The van der Waals surface area contributed by atoms with Crippen molar-refractivity contribution < 1.29 is 15.0 Å². The number of amides is 1. The van der Waals surface area contributed by atoms with Crippen molar-refractivity contribution in [2.75, 3.05) is 0 Å². The van der Waals surface area contributed by atoms with E-state index in [1.165, 1.54) is 29.5 Å². The van der Waals surface area contributed by atoms with Crippen LogP contribution in [0.3, 0.4) is 0 Å². The van der Waals surface area contributed by atoms with E-state index in [0.717, 1.165) is 16.3 Å². The Hall–Kier alpha value is -2.08. The van der Waals surface area contributed by atoms with Gasteiger partial charge in [-0.2, -0.15) is 0 Å². The van der Waals surface area contributed by atoms with Crippen molar-refractivity contribution in [3.63, 3.8) is 0 Å². The molecule has 1 amide bonds. The summed E-state index contributed by atoms with van der Waals surface area (Å²) in [7, 11) is 0. The Morgan fingerprint density at radius 3 is 2.89 bits per heavy atom. The first-order valence-electron chi connectivity index (χ1n) is 5.84. The predicted molar refractivity (Wildman–Crippen MR) is 72.4 cm³/mol. The first kappa shape index (κ1) is 13.4. The Morgan fingerprint density at radius 1 is 1.42 bits per heavy atom. The number of thiazole rings is 1. The fraction of sp³-hybridized carbons (Fsp3) is 0.231. The smallest absolute Gasteiger partial charge is 0.255 e. The average molecular weight is 278 g/mol. The van der Waals surface area contributed by atoms with E-state index in [1.54, 1.807) is 6.20 Å². The fourth-order valence-corrected chi connectivity index (χ4v) is 2.36. The number of aromatic nitrogens is 1. The van der Waals surface area contributed by atoms with E-state index in [4.69, 9.17) is 0 Å². The zero-order chi connectivity index (χ0) is 13.8. The fourth-order valence-electron chi connectivity index (χ4n) is 1.56. The Bertz CT molecular complexity index is 595. The molecule has 0 aliphatic heterocycles. The molecule has 0 fully saturated rings. The lowest BCUT2D eigenvalue weighted by molar-refractivity contribution is 0.0947. The number of phenols is 2. The second-order valence-corrected chi connectivity index (χ2v) is 5.13. The SMILES string of the molecule is CCc1cnc(CNC(=O)c2cccc(O)c2O)s1. The van der Waals surface area contributed by atoms with Gasteiger partial charge in [-0.25, -0.2) is 4.98 Å². The number of phenolic OH excluding ortho intramolecular Hbond substituents is 2. The number of nitrogens with zero attached hydrogens (tertiary/aromatic N) is 1. The Kier molecular flexibility index (Phi) is 4.01. The third-order valence-electron chi connectivity index (χ3n) is 2.61. The van der Waals surface area contributed by atoms with Crippen LogP contribution >= 0.6 is 11.3 Å². The van der Waals surface area contributed by atoms with Gasteiger partial charge < -0.3 is 15.5 Å². The molecule has 0 saturated carbocycles. The number of rotatable bonds is 4. The lowest BCUT2D eigenvalue weighted by atomic mass is 10.1. The molecule has 5 nitrogen and oxygen atoms in total. The molecule has 0 atom stereocenters. The summed E-state index contributed by atoms with van der Waals surface area (Å²) in [6.07, 6.45) is 2.71. The number of aryl methyl sites for hydroxylation is 1. The third kappa shape index (κ3) is 3.03. The van der Waals surface area contributed by atoms with Gasteiger partial charge in [-0.05, 0) is 18.6 Å². The van der Waals surface area contributed by atoms with Gasteiger partial charge in [0.1, 0.15) is 5.01 Å². The number of carbonyl (C=O) groups is 1. The summed E-state index contributed by atoms with van der Waals surface area (Å²) in [5, 5.41) is 22.4. The number of nitrogens with one attached hydrogen (secondary N) is 1. The van der Waals surface area contributed by atoms with Crippen LogP contribution in [-0.2, 0) is 13.0 Å². The van der Waals surface area contributed by atoms with E-state index < -0.39 is 11.7 Å². The van der Waals surface area contributed by atoms with Crippen molar-refractivity contribution in [3.05, 3.63) is 39.8 Å². The maximum absolute atomic E-state index is 11.9. The molecule has 0 radical (unpaired) electrons. The van der Waals surface area contributed by atoms with Gasteiger partial charge in [0.25, 0.3) is 5.91 Å².